The van der Waals surface area contributed by atoms with Crippen LogP contribution in [0, 0.1) is 23.3 Å². The average Bonchev–Trinajstić information content (AvgIpc) is 0.784. The first kappa shape index (κ1) is 120. The van der Waals surface area contributed by atoms with Crippen LogP contribution in [0.4, 0.5) is 17.6 Å². The van der Waals surface area contributed by atoms with Crippen LogP contribution < -0.4 is 125 Å². The van der Waals surface area contributed by atoms with Crippen LogP contribution >= 0.6 is 11.6 Å². The summed E-state index contributed by atoms with van der Waals surface area (Å²) in [5.41, 5.74) is 2.40. The number of hydrogen-bond acceptors (Lipinski definition) is 21. The largest absolute Gasteiger partial charge is 1.00 e. The molecule has 4 saturated heterocycles. The number of methoxy groups -OCH3 is 4. The van der Waals surface area contributed by atoms with Gasteiger partial charge in [-0.2, -0.15) is 33.9 Å². The number of aliphatic hydroxyl groups is 1. The van der Waals surface area contributed by atoms with E-state index in [1.807, 2.05) is 25.1 Å². The summed E-state index contributed by atoms with van der Waals surface area (Å²) in [6.45, 7) is 9.04. The second-order valence-corrected chi connectivity index (χ2v) is 38.3. The Balaban J connectivity index is 0.000000452. The number of aliphatic hydroxyl groups excluding tert-OH is 1. The first-order valence-electron chi connectivity index (χ1n) is 43.3. The Kier molecular flexibility index (Phi) is 51.1. The zero-order valence-corrected chi connectivity index (χ0v) is 86.6. The third-order valence-corrected chi connectivity index (χ3v) is 27.2. The molecule has 0 bridgehead atoms. The average molecular weight is 2030 g/mol. The number of hydrogen-bond donors (Lipinski definition) is 10. The number of nitrogens with zero attached hydrogens (tertiary/aromatic N) is 4. The van der Waals surface area contributed by atoms with Gasteiger partial charge in [-0.3, -0.25) is 28.8 Å². The molecule has 0 saturated carbocycles. The number of carbonyl (C=O) groups excluding carboxylic acids is 7. The summed E-state index contributed by atoms with van der Waals surface area (Å²) in [7, 11) is -8.53. The number of halogens is 5. The van der Waals surface area contributed by atoms with Gasteiger partial charge in [0.2, 0.25) is 11.1 Å². The van der Waals surface area contributed by atoms with Crippen molar-refractivity contribution >= 4 is 93.1 Å². The fourth-order valence-corrected chi connectivity index (χ4v) is 18.9. The molecule has 0 aromatic heterocycles. The van der Waals surface area contributed by atoms with Crippen molar-refractivity contribution in [1.29, 1.82) is 0 Å². The second kappa shape index (κ2) is 58.2. The minimum absolute atomic E-state index is 0. The molecule has 44 heteroatoms. The molecule has 0 aliphatic carbocycles. The van der Waals surface area contributed by atoms with Crippen LogP contribution in [0.2, 0.25) is 0 Å². The Morgan fingerprint density at radius 3 is 0.920 bits per heavy atom. The van der Waals surface area contributed by atoms with Crippen LogP contribution in [0.1, 0.15) is 176 Å². The summed E-state index contributed by atoms with van der Waals surface area (Å²) in [6, 6.07) is 52.8. The van der Waals surface area contributed by atoms with E-state index in [2.05, 4.69) is 46.3 Å². The van der Waals surface area contributed by atoms with Gasteiger partial charge >= 0.3 is 69.3 Å². The molecular formula is C93H122ClF4N13Na2O20S4. The van der Waals surface area contributed by atoms with Crippen molar-refractivity contribution in [3.63, 3.8) is 0 Å². The number of amides is 6. The fraction of sp³-hybridized carbons (Fsp3) is 0.409. The first-order valence-corrected chi connectivity index (χ1v) is 49.6. The monoisotopic (exact) mass is 2030 g/mol. The van der Waals surface area contributed by atoms with E-state index in [0.717, 1.165) is 45.0 Å². The van der Waals surface area contributed by atoms with Gasteiger partial charge in [-0.25, -0.2) is 50.4 Å². The van der Waals surface area contributed by atoms with E-state index in [1.165, 1.54) is 76.7 Å². The molecule has 137 heavy (non-hydrogen) atoms. The van der Waals surface area contributed by atoms with E-state index in [-0.39, 0.29) is 178 Å². The van der Waals surface area contributed by atoms with Gasteiger partial charge in [0.25, 0.3) is 44.0 Å². The summed E-state index contributed by atoms with van der Waals surface area (Å²) in [5.74, 6) is -1.97. The molecule has 0 atom stereocenters. The molecule has 4 heterocycles. The van der Waals surface area contributed by atoms with Gasteiger partial charge in [-0.15, -0.1) is 0 Å². The maximum Gasteiger partial charge on any atom is 1.00 e. The van der Waals surface area contributed by atoms with Crippen LogP contribution in [-0.2, 0) is 76.9 Å². The molecule has 8 aromatic rings. The number of rotatable bonds is 31. The third kappa shape index (κ3) is 37.5. The summed E-state index contributed by atoms with van der Waals surface area (Å²) >= 11 is 4.94. The van der Waals surface area contributed by atoms with E-state index in [9.17, 15) is 84.8 Å². The number of piperidine rings is 4. The second-order valence-electron chi connectivity index (χ2n) is 31.9. The van der Waals surface area contributed by atoms with Crippen molar-refractivity contribution in [2.45, 2.75) is 132 Å². The van der Waals surface area contributed by atoms with Gasteiger partial charge in [0.15, 0.2) is 10.2 Å². The molecule has 33 nitrogen and oxygen atoms in total. The molecule has 4 aliphatic heterocycles. The van der Waals surface area contributed by atoms with Crippen molar-refractivity contribution in [3.8, 4) is 23.0 Å². The van der Waals surface area contributed by atoms with Crippen molar-refractivity contribution in [1.82, 2.24) is 44.2 Å². The normalized spacial score (nSPS) is 15.3. The molecule has 740 valence electrons. The van der Waals surface area contributed by atoms with Gasteiger partial charge in [-0.1, -0.05) is 124 Å². The molecule has 0 unspecified atom stereocenters. The van der Waals surface area contributed by atoms with E-state index >= 15 is 0 Å². The Bertz CT molecular complexity index is 5570. The topological polar surface area (TPSA) is 487 Å². The molecular weight excluding hydrogens is 1900 g/mol. The summed E-state index contributed by atoms with van der Waals surface area (Å²) in [6.07, 6.45) is 6.40. The van der Waals surface area contributed by atoms with Crippen LogP contribution in [0.15, 0.2) is 194 Å². The van der Waals surface area contributed by atoms with Crippen LogP contribution in [-0.4, -0.2) is 206 Å². The number of ether oxygens (including phenoxy) is 4. The Labute approximate surface area is 851 Å². The van der Waals surface area contributed by atoms with Crippen molar-refractivity contribution in [2.24, 2.45) is 15.4 Å². The Morgan fingerprint density at radius 1 is 0.409 bits per heavy atom. The third-order valence-electron chi connectivity index (χ3n) is 23.0. The Hall–Kier alpha value is -9.06. The maximum absolute atomic E-state index is 14.1. The molecule has 8 aromatic carbocycles. The number of nitrogens with one attached hydrogen (secondary N) is 6. The fourth-order valence-electron chi connectivity index (χ4n) is 15.8. The predicted octanol–water partition coefficient (Wildman–Crippen LogP) is 4.42. The molecule has 13 N–H and O–H groups in total. The van der Waals surface area contributed by atoms with Gasteiger partial charge in [0.1, 0.15) is 46.3 Å². The van der Waals surface area contributed by atoms with Gasteiger partial charge in [0, 0.05) is 107 Å². The van der Waals surface area contributed by atoms with E-state index in [0.29, 0.717) is 126 Å². The molecule has 4 fully saturated rings. The van der Waals surface area contributed by atoms with Crippen molar-refractivity contribution in [2.75, 3.05) is 114 Å². The minimum atomic E-state index is -4.10. The zero-order chi connectivity index (χ0) is 99.8. The molecule has 6 amide bonds. The Morgan fingerprint density at radius 2 is 0.672 bits per heavy atom. The molecule has 0 spiro atoms. The predicted molar refractivity (Wildman–Crippen MR) is 508 cm³/mol. The van der Waals surface area contributed by atoms with Gasteiger partial charge in [0.05, 0.1) is 56.6 Å². The molecule has 0 radical (unpaired) electrons. The van der Waals surface area contributed by atoms with E-state index < -0.39 is 80.5 Å². The van der Waals surface area contributed by atoms with Gasteiger partial charge < -0.3 is 61.6 Å². The van der Waals surface area contributed by atoms with E-state index in [1.54, 1.807) is 154 Å². The SMILES string of the molecule is CCCC(=O)Cl.CCCC(=O)NS(=O)(=O)N1CCC(CNC(=O)c2ccccc2OC)(c2cccc(F)c2)CC1.CCCC(=O)[N-]S(=O)(=O)N1CCC(CNC(=O)c2ccccc2OC)(c2cccc(F)c2)CC1.CO.COc1ccccc1C(=O)NCC1(c2cccc(F)c2)CCN(S(N)(=O)=O)CC1.COc1ccccc1C(=O)NCC1(c2cccc(F)c2)CCNCC1.NS(N)(=O)=O.[H-].[Na+].[Na+]. The number of benzene rings is 8. The summed E-state index contributed by atoms with van der Waals surface area (Å²) in [5, 5.41) is 35.3. The summed E-state index contributed by atoms with van der Waals surface area (Å²) < 4.78 is 178. The smallest absolute Gasteiger partial charge is 1.00 e. The number of carbonyl (C=O) groups is 7. The molecule has 4 aliphatic rings. The van der Waals surface area contributed by atoms with Crippen LogP contribution in [0.3, 0.4) is 0 Å². The minimum Gasteiger partial charge on any atom is -1.00 e. The standard InChI is InChI=1S/2C24H30FN3O5S.C20H24FN3O4S.C20H23FN2O2.C4H7ClO.CH4O.H4N2O2S.2Na.H/c2*1-3-7-22(29)27-34(31,32)28-14-12-24(13-15-28,18-8-6-9-19(25)16-18)17-26-23(30)20-10-4-5-11-21(20)33-2;1-28-18-8-3-2-7-17(18)19(25)23-14-20(15-5-4-6-16(21)13-15)9-11-24(12-10-20)29(22,26)27;1-25-18-8-3-2-7-17(18)19(24)23-14-20(9-11-22-12-10-20)15-5-4-6-16(21)13-15;1-2-3-4(5)6;1-2;1-5(2,3)4;;;/h4-6,8-11,16H,3,7,12-15,17H2,1-2H3,(H,26,30)(H,27,29);4-6,8-11,16H,3,7,12-15,17H2,1-2H3,(H2,26,27,29,30);2-8,13H,9-12,14H2,1H3,(H,23,25)(H2,22,26,27);2-8,13,22H,9-12,14H2,1H3,(H,23,24);2-3H2,1H3;2H,1H3;(H4,1,2,3,4);;;/q;;;;;;;2*+1;-1/p-1. The van der Waals surface area contributed by atoms with Gasteiger partial charge in [-0.05, 0) is 215 Å². The van der Waals surface area contributed by atoms with Crippen LogP contribution in [0.5, 0.6) is 23.0 Å². The number of para-hydroxylation sites is 4. The maximum atomic E-state index is 14.1. The first-order chi connectivity index (χ1) is 64.1. The van der Waals surface area contributed by atoms with Crippen molar-refractivity contribution in [3.05, 3.63) is 267 Å². The van der Waals surface area contributed by atoms with E-state index in [4.69, 9.17) is 40.8 Å². The number of nitrogens with two attached hydrogens (primary N) is 3. The quantitative estimate of drug-likeness (QED) is 0.0163. The zero-order valence-electron chi connectivity index (χ0n) is 79.6. The summed E-state index contributed by atoms with van der Waals surface area (Å²) in [4.78, 5) is 84.6. The van der Waals surface area contributed by atoms with Crippen molar-refractivity contribution < 1.29 is 169 Å². The van der Waals surface area contributed by atoms with Crippen LogP contribution in [0.25, 0.3) is 4.72 Å². The molecule has 12 rings (SSSR count).